The summed E-state index contributed by atoms with van der Waals surface area (Å²) >= 11 is 1.55. The van der Waals surface area contributed by atoms with E-state index in [2.05, 4.69) is 15.3 Å². The molecule has 0 fully saturated rings. The predicted octanol–water partition coefficient (Wildman–Crippen LogP) is 4.60. The summed E-state index contributed by atoms with van der Waals surface area (Å²) in [6.45, 7) is 0. The molecule has 1 amide bonds. The molecule has 4 rings (SSSR count). The van der Waals surface area contributed by atoms with Crippen molar-refractivity contribution in [2.24, 2.45) is 0 Å². The molecule has 0 spiro atoms. The minimum atomic E-state index is -0.215. The second-order valence-electron chi connectivity index (χ2n) is 5.26. The highest BCUT2D eigenvalue weighted by atomic mass is 32.1. The average molecular weight is 347 g/mol. The van der Waals surface area contributed by atoms with Crippen molar-refractivity contribution in [3.8, 4) is 10.6 Å². The van der Waals surface area contributed by atoms with Gasteiger partial charge in [0.15, 0.2) is 0 Å². The molecule has 1 aromatic carbocycles. The van der Waals surface area contributed by atoms with Gasteiger partial charge in [0.25, 0.3) is 0 Å². The number of furan rings is 1. The minimum absolute atomic E-state index is 0.215. The first-order valence-electron chi connectivity index (χ1n) is 7.62. The van der Waals surface area contributed by atoms with Crippen LogP contribution in [0.4, 0.5) is 5.69 Å². The molecule has 0 aliphatic carbocycles. The van der Waals surface area contributed by atoms with Crippen LogP contribution in [-0.4, -0.2) is 15.9 Å². The second kappa shape index (κ2) is 6.70. The fraction of sp³-hybridized carbons (Fsp3) is 0. The van der Waals surface area contributed by atoms with Crippen LogP contribution in [0.15, 0.2) is 71.5 Å². The Kier molecular flexibility index (Phi) is 4.10. The maximum Gasteiger partial charge on any atom is 0.248 e. The molecule has 0 bridgehead atoms. The molecule has 0 atom stereocenters. The summed E-state index contributed by atoms with van der Waals surface area (Å²) in [5.74, 6) is 0.420. The number of nitrogens with one attached hydrogen (secondary N) is 1. The summed E-state index contributed by atoms with van der Waals surface area (Å²) in [5.41, 5.74) is 2.60. The number of hydrogen-bond acceptors (Lipinski definition) is 5. The van der Waals surface area contributed by atoms with Gasteiger partial charge in [-0.1, -0.05) is 11.3 Å². The predicted molar refractivity (Wildman–Crippen MR) is 99.2 cm³/mol. The van der Waals surface area contributed by atoms with Crippen LogP contribution in [0.5, 0.6) is 0 Å². The molecule has 3 aromatic heterocycles. The van der Waals surface area contributed by atoms with Gasteiger partial charge in [0.05, 0.1) is 6.26 Å². The highest BCUT2D eigenvalue weighted by Gasteiger charge is 2.07. The first kappa shape index (κ1) is 15.3. The van der Waals surface area contributed by atoms with E-state index in [9.17, 15) is 4.79 Å². The van der Waals surface area contributed by atoms with Crippen molar-refractivity contribution in [2.45, 2.75) is 0 Å². The Labute approximate surface area is 147 Å². The summed E-state index contributed by atoms with van der Waals surface area (Å²) in [6.07, 6.45) is 6.39. The largest absolute Gasteiger partial charge is 0.465 e. The molecule has 122 valence electrons. The number of carbonyl (C=O) groups excluding carboxylic acids is 1. The van der Waals surface area contributed by atoms with Crippen LogP contribution in [0, 0.1) is 0 Å². The standard InChI is InChI=1S/C19H13N3O2S/c23-17(10-9-15-3-2-12-24-15)21-14-7-5-13(6-8-14)18-22-16-4-1-11-20-19(16)25-18/h1-12H,(H,21,23)/b10-9+. The Bertz CT molecular complexity index is 1000. The van der Waals surface area contributed by atoms with Gasteiger partial charge in [-0.25, -0.2) is 9.97 Å². The highest BCUT2D eigenvalue weighted by molar-refractivity contribution is 7.21. The van der Waals surface area contributed by atoms with E-state index < -0.39 is 0 Å². The van der Waals surface area contributed by atoms with Gasteiger partial charge in [-0.3, -0.25) is 4.79 Å². The summed E-state index contributed by atoms with van der Waals surface area (Å²) in [6, 6.07) is 15.0. The van der Waals surface area contributed by atoms with Crippen LogP contribution in [0.3, 0.4) is 0 Å². The van der Waals surface area contributed by atoms with Crippen molar-refractivity contribution in [3.05, 3.63) is 72.8 Å². The van der Waals surface area contributed by atoms with E-state index in [0.717, 1.165) is 26.6 Å². The molecule has 6 heteroatoms. The maximum atomic E-state index is 11.9. The first-order chi connectivity index (χ1) is 12.3. The first-order valence-corrected chi connectivity index (χ1v) is 8.44. The van der Waals surface area contributed by atoms with Gasteiger partial charge in [0.2, 0.25) is 5.91 Å². The summed E-state index contributed by atoms with van der Waals surface area (Å²) in [7, 11) is 0. The number of benzene rings is 1. The van der Waals surface area contributed by atoms with E-state index in [4.69, 9.17) is 4.42 Å². The van der Waals surface area contributed by atoms with Crippen LogP contribution < -0.4 is 5.32 Å². The number of pyridine rings is 1. The van der Waals surface area contributed by atoms with E-state index in [1.165, 1.54) is 6.08 Å². The zero-order chi connectivity index (χ0) is 17.1. The van der Waals surface area contributed by atoms with Crippen LogP contribution >= 0.6 is 11.3 Å². The van der Waals surface area contributed by atoms with E-state index in [0.29, 0.717) is 5.76 Å². The SMILES string of the molecule is O=C(/C=C/c1ccco1)Nc1ccc(-c2nc3cccnc3s2)cc1. The van der Waals surface area contributed by atoms with Gasteiger partial charge < -0.3 is 9.73 Å². The summed E-state index contributed by atoms with van der Waals surface area (Å²) in [5, 5.41) is 3.72. The van der Waals surface area contributed by atoms with Gasteiger partial charge in [0.1, 0.15) is 21.1 Å². The lowest BCUT2D eigenvalue weighted by Crippen LogP contribution is -2.07. The van der Waals surface area contributed by atoms with Crippen LogP contribution in [-0.2, 0) is 4.79 Å². The van der Waals surface area contributed by atoms with Gasteiger partial charge in [-0.05, 0) is 54.6 Å². The van der Waals surface area contributed by atoms with E-state index in [1.54, 1.807) is 42.0 Å². The Hall–Kier alpha value is -3.25. The Morgan fingerprint density at radius 3 is 2.76 bits per heavy atom. The van der Waals surface area contributed by atoms with Crippen molar-refractivity contribution in [2.75, 3.05) is 5.32 Å². The molecule has 4 aromatic rings. The molecule has 0 radical (unpaired) electrons. The van der Waals surface area contributed by atoms with E-state index in [-0.39, 0.29) is 5.91 Å². The van der Waals surface area contributed by atoms with Crippen LogP contribution in [0.1, 0.15) is 5.76 Å². The lowest BCUT2D eigenvalue weighted by Gasteiger charge is -2.03. The number of aromatic nitrogens is 2. The number of rotatable bonds is 4. The van der Waals surface area contributed by atoms with E-state index >= 15 is 0 Å². The molecule has 0 unspecified atom stereocenters. The third kappa shape index (κ3) is 3.49. The Morgan fingerprint density at radius 1 is 1.12 bits per heavy atom. The zero-order valence-electron chi connectivity index (χ0n) is 13.0. The number of anilines is 1. The molecule has 0 aliphatic heterocycles. The molecule has 25 heavy (non-hydrogen) atoms. The molecule has 0 saturated heterocycles. The fourth-order valence-corrected chi connectivity index (χ4v) is 3.23. The number of fused-ring (bicyclic) bond motifs is 1. The minimum Gasteiger partial charge on any atom is -0.465 e. The van der Waals surface area contributed by atoms with Crippen molar-refractivity contribution in [1.82, 2.24) is 9.97 Å². The number of thiazole rings is 1. The maximum absolute atomic E-state index is 11.9. The molecular formula is C19H13N3O2S. The smallest absolute Gasteiger partial charge is 0.248 e. The average Bonchev–Trinajstić information content (AvgIpc) is 3.30. The topological polar surface area (TPSA) is 68.0 Å². The van der Waals surface area contributed by atoms with E-state index in [1.807, 2.05) is 36.4 Å². The number of amides is 1. The second-order valence-corrected chi connectivity index (χ2v) is 6.24. The normalized spacial score (nSPS) is 11.2. The third-order valence-corrected chi connectivity index (χ3v) is 4.54. The lowest BCUT2D eigenvalue weighted by atomic mass is 10.2. The van der Waals surface area contributed by atoms with Gasteiger partial charge in [-0.15, -0.1) is 0 Å². The van der Waals surface area contributed by atoms with Crippen molar-refractivity contribution < 1.29 is 9.21 Å². The summed E-state index contributed by atoms with van der Waals surface area (Å²) < 4.78 is 5.15. The number of nitrogens with zero attached hydrogens (tertiary/aromatic N) is 2. The Balaban J connectivity index is 1.47. The van der Waals surface area contributed by atoms with Crippen molar-refractivity contribution in [3.63, 3.8) is 0 Å². The lowest BCUT2D eigenvalue weighted by molar-refractivity contribution is -0.111. The van der Waals surface area contributed by atoms with Crippen LogP contribution in [0.25, 0.3) is 27.0 Å². The molecule has 5 nitrogen and oxygen atoms in total. The quantitative estimate of drug-likeness (QED) is 0.548. The number of hydrogen-bond donors (Lipinski definition) is 1. The third-order valence-electron chi connectivity index (χ3n) is 3.51. The molecule has 0 saturated carbocycles. The zero-order valence-corrected chi connectivity index (χ0v) is 13.9. The monoisotopic (exact) mass is 347 g/mol. The number of carbonyl (C=O) groups is 1. The molecule has 3 heterocycles. The fourth-order valence-electron chi connectivity index (χ4n) is 2.32. The Morgan fingerprint density at radius 2 is 2.00 bits per heavy atom. The highest BCUT2D eigenvalue weighted by Crippen LogP contribution is 2.29. The summed E-state index contributed by atoms with van der Waals surface area (Å²) in [4.78, 5) is 21.7. The van der Waals surface area contributed by atoms with Gasteiger partial charge in [0, 0.05) is 23.5 Å². The van der Waals surface area contributed by atoms with Crippen molar-refractivity contribution >= 4 is 39.4 Å². The van der Waals surface area contributed by atoms with Gasteiger partial charge >= 0.3 is 0 Å². The molecule has 0 aliphatic rings. The van der Waals surface area contributed by atoms with Crippen molar-refractivity contribution in [1.29, 1.82) is 0 Å². The molecular weight excluding hydrogens is 334 g/mol. The van der Waals surface area contributed by atoms with Gasteiger partial charge in [-0.2, -0.15) is 0 Å². The molecule has 1 N–H and O–H groups in total. The van der Waals surface area contributed by atoms with Crippen LogP contribution in [0.2, 0.25) is 0 Å².